The average Bonchev–Trinajstić information content (AvgIpc) is 2.32. The maximum absolute atomic E-state index is 13.1. The van der Waals surface area contributed by atoms with Gasteiger partial charge in [-0.15, -0.1) is 0 Å². The van der Waals surface area contributed by atoms with E-state index in [1.54, 1.807) is 0 Å². The summed E-state index contributed by atoms with van der Waals surface area (Å²) in [5.74, 6) is -0.907. The highest BCUT2D eigenvalue weighted by atomic mass is 16.7. The molecule has 0 aliphatic carbocycles. The second-order valence-electron chi connectivity index (χ2n) is 9.16. The van der Waals surface area contributed by atoms with Crippen LogP contribution in [0.2, 0.25) is 0 Å². The van der Waals surface area contributed by atoms with Gasteiger partial charge in [0.25, 0.3) is 5.79 Å². The van der Waals surface area contributed by atoms with Crippen LogP contribution in [0.25, 0.3) is 0 Å². The summed E-state index contributed by atoms with van der Waals surface area (Å²) >= 11 is 0. The summed E-state index contributed by atoms with van der Waals surface area (Å²) in [6, 6.07) is 0. The summed E-state index contributed by atoms with van der Waals surface area (Å²) in [6.45, 7) is 16.3. The Bertz CT molecular complexity index is 407. The molecule has 1 rings (SSSR count). The molecular formula is C20H36O4. The van der Waals surface area contributed by atoms with Crippen LogP contribution in [0.1, 0.15) is 81.1 Å². The molecule has 1 aliphatic rings. The van der Waals surface area contributed by atoms with E-state index in [1.807, 2.05) is 55.4 Å². The van der Waals surface area contributed by atoms with Crippen molar-refractivity contribution in [1.29, 1.82) is 0 Å². The van der Waals surface area contributed by atoms with Crippen LogP contribution in [0.15, 0.2) is 0 Å². The summed E-state index contributed by atoms with van der Waals surface area (Å²) in [7, 11) is 0. The van der Waals surface area contributed by atoms with E-state index in [1.165, 1.54) is 0 Å². The smallest absolute Gasteiger partial charge is 0.326 e. The summed E-state index contributed by atoms with van der Waals surface area (Å²) < 4.78 is 11.8. The normalized spacial score (nSPS) is 20.0. The second kappa shape index (κ2) is 7.88. The lowest BCUT2D eigenvalue weighted by Gasteiger charge is -2.46. The second-order valence-corrected chi connectivity index (χ2v) is 9.16. The van der Waals surface area contributed by atoms with Gasteiger partial charge >= 0.3 is 11.9 Å². The minimum atomic E-state index is -1.15. The van der Waals surface area contributed by atoms with Crippen molar-refractivity contribution in [2.24, 2.45) is 29.1 Å². The minimum Gasteiger partial charge on any atom is -0.422 e. The molecule has 4 nitrogen and oxygen atoms in total. The van der Waals surface area contributed by atoms with Crippen molar-refractivity contribution in [3.05, 3.63) is 0 Å². The number of carbonyl (C=O) groups is 2. The Morgan fingerprint density at radius 3 is 1.17 bits per heavy atom. The molecule has 140 valence electrons. The molecule has 4 heteroatoms. The van der Waals surface area contributed by atoms with Gasteiger partial charge in [0.05, 0.1) is 0 Å². The largest absolute Gasteiger partial charge is 0.422 e. The number of hydrogen-bond acceptors (Lipinski definition) is 4. The highest BCUT2D eigenvalue weighted by molar-refractivity contribution is 6.01. The lowest BCUT2D eigenvalue weighted by atomic mass is 9.73. The standard InChI is InChI=1S/C20H36O4/c1-13(2)9-19(10-14(3)4)17(21)23-20(11-15(5)6,12-16(7)8)24-18(19)22/h13-16H,9-12H2,1-8H3. The number of cyclic esters (lactones) is 2. The van der Waals surface area contributed by atoms with Crippen molar-refractivity contribution in [3.63, 3.8) is 0 Å². The van der Waals surface area contributed by atoms with Crippen molar-refractivity contribution in [2.75, 3.05) is 0 Å². The molecule has 0 N–H and O–H groups in total. The average molecular weight is 341 g/mol. The third-order valence-electron chi connectivity index (χ3n) is 4.29. The van der Waals surface area contributed by atoms with Crippen LogP contribution in [-0.2, 0) is 19.1 Å². The molecule has 24 heavy (non-hydrogen) atoms. The fourth-order valence-electron chi connectivity index (χ4n) is 3.94. The molecule has 0 amide bonds. The Morgan fingerprint density at radius 1 is 0.625 bits per heavy atom. The van der Waals surface area contributed by atoms with Gasteiger partial charge in [-0.3, -0.25) is 9.59 Å². The Kier molecular flexibility index (Phi) is 6.89. The fourth-order valence-corrected chi connectivity index (χ4v) is 3.94. The van der Waals surface area contributed by atoms with Crippen LogP contribution in [-0.4, -0.2) is 17.7 Å². The molecule has 0 unspecified atom stereocenters. The predicted octanol–water partition coefficient (Wildman–Crippen LogP) is 4.95. The number of carbonyl (C=O) groups excluding carboxylic acids is 2. The zero-order chi connectivity index (χ0) is 18.7. The lowest BCUT2D eigenvalue weighted by molar-refractivity contribution is -0.273. The van der Waals surface area contributed by atoms with E-state index >= 15 is 0 Å². The van der Waals surface area contributed by atoms with Gasteiger partial charge in [0.2, 0.25) is 0 Å². The van der Waals surface area contributed by atoms with Gasteiger partial charge in [-0.05, 0) is 36.5 Å². The molecule has 1 aliphatic heterocycles. The molecule has 0 bridgehead atoms. The summed E-state index contributed by atoms with van der Waals surface area (Å²) in [4.78, 5) is 26.1. The molecule has 0 aromatic rings. The lowest BCUT2D eigenvalue weighted by Crippen LogP contribution is -2.57. The number of hydrogen-bond donors (Lipinski definition) is 0. The van der Waals surface area contributed by atoms with Crippen LogP contribution in [0.3, 0.4) is 0 Å². The Labute approximate surface area is 147 Å². The first-order valence-corrected chi connectivity index (χ1v) is 9.39. The van der Waals surface area contributed by atoms with Crippen molar-refractivity contribution in [3.8, 4) is 0 Å². The van der Waals surface area contributed by atoms with E-state index in [0.29, 0.717) is 25.7 Å². The molecule has 0 radical (unpaired) electrons. The van der Waals surface area contributed by atoms with Gasteiger partial charge in [0.1, 0.15) is 0 Å². The number of esters is 2. The zero-order valence-electron chi connectivity index (χ0n) is 16.8. The van der Waals surface area contributed by atoms with E-state index in [0.717, 1.165) is 0 Å². The third-order valence-corrected chi connectivity index (χ3v) is 4.29. The van der Waals surface area contributed by atoms with E-state index in [4.69, 9.17) is 9.47 Å². The Hall–Kier alpha value is -1.06. The molecule has 0 atom stereocenters. The third kappa shape index (κ3) is 4.97. The molecule has 0 saturated carbocycles. The Morgan fingerprint density at radius 2 is 0.917 bits per heavy atom. The number of rotatable bonds is 8. The molecule has 0 aromatic carbocycles. The molecule has 0 aromatic heterocycles. The van der Waals surface area contributed by atoms with Crippen LogP contribution < -0.4 is 0 Å². The van der Waals surface area contributed by atoms with Gasteiger partial charge in [0, 0.05) is 12.8 Å². The van der Waals surface area contributed by atoms with Gasteiger partial charge < -0.3 is 9.47 Å². The van der Waals surface area contributed by atoms with Gasteiger partial charge in [0.15, 0.2) is 5.41 Å². The van der Waals surface area contributed by atoms with E-state index in [-0.39, 0.29) is 35.6 Å². The quantitative estimate of drug-likeness (QED) is 0.463. The number of ether oxygens (including phenoxy) is 2. The van der Waals surface area contributed by atoms with Gasteiger partial charge in [-0.1, -0.05) is 55.4 Å². The molecule has 1 heterocycles. The van der Waals surface area contributed by atoms with Crippen LogP contribution in [0, 0.1) is 29.1 Å². The first kappa shape index (κ1) is 21.0. The van der Waals surface area contributed by atoms with Crippen molar-refractivity contribution in [2.45, 2.75) is 86.9 Å². The SMILES string of the molecule is CC(C)CC1(CC(C)C)OC(=O)C(CC(C)C)(CC(C)C)C(=O)O1. The molecule has 1 fully saturated rings. The summed E-state index contributed by atoms with van der Waals surface area (Å²) in [5.41, 5.74) is -1.15. The van der Waals surface area contributed by atoms with Crippen molar-refractivity contribution >= 4 is 11.9 Å². The first-order chi connectivity index (χ1) is 10.9. The minimum absolute atomic E-state index is 0.214. The Balaban J connectivity index is 3.20. The highest BCUT2D eigenvalue weighted by Crippen LogP contribution is 2.45. The maximum Gasteiger partial charge on any atom is 0.326 e. The van der Waals surface area contributed by atoms with Crippen LogP contribution in [0.4, 0.5) is 0 Å². The van der Waals surface area contributed by atoms with Crippen LogP contribution >= 0.6 is 0 Å². The van der Waals surface area contributed by atoms with Crippen LogP contribution in [0.5, 0.6) is 0 Å². The van der Waals surface area contributed by atoms with Gasteiger partial charge in [-0.2, -0.15) is 0 Å². The summed E-state index contributed by atoms with van der Waals surface area (Å²) in [5, 5.41) is 0. The summed E-state index contributed by atoms with van der Waals surface area (Å²) in [6.07, 6.45) is 2.04. The maximum atomic E-state index is 13.1. The fraction of sp³-hybridized carbons (Fsp3) is 0.900. The van der Waals surface area contributed by atoms with E-state index in [2.05, 4.69) is 0 Å². The highest BCUT2D eigenvalue weighted by Gasteiger charge is 2.58. The van der Waals surface area contributed by atoms with Gasteiger partial charge in [-0.25, -0.2) is 0 Å². The monoisotopic (exact) mass is 340 g/mol. The topological polar surface area (TPSA) is 52.6 Å². The zero-order valence-corrected chi connectivity index (χ0v) is 16.8. The molecular weight excluding hydrogens is 304 g/mol. The van der Waals surface area contributed by atoms with Crippen molar-refractivity contribution < 1.29 is 19.1 Å². The molecule has 0 spiro atoms. The van der Waals surface area contributed by atoms with Crippen molar-refractivity contribution in [1.82, 2.24) is 0 Å². The predicted molar refractivity (Wildman–Crippen MR) is 95.2 cm³/mol. The first-order valence-electron chi connectivity index (χ1n) is 9.39. The van der Waals surface area contributed by atoms with E-state index in [9.17, 15) is 9.59 Å². The molecule has 1 saturated heterocycles. The van der Waals surface area contributed by atoms with E-state index < -0.39 is 11.2 Å².